The highest BCUT2D eigenvalue weighted by atomic mass is 16.2. The minimum atomic E-state index is 0.232. The van der Waals surface area contributed by atoms with Gasteiger partial charge in [0.25, 0.3) is 0 Å². The molecule has 2 heterocycles. The second kappa shape index (κ2) is 7.39. The molecule has 4 heteroatoms. The van der Waals surface area contributed by atoms with E-state index in [0.717, 1.165) is 44.6 Å². The first-order valence-electron chi connectivity index (χ1n) is 7.65. The van der Waals surface area contributed by atoms with Crippen molar-refractivity contribution in [2.24, 2.45) is 0 Å². The van der Waals surface area contributed by atoms with Crippen LogP contribution in [0, 0.1) is 0 Å². The third kappa shape index (κ3) is 3.79. The van der Waals surface area contributed by atoms with Crippen LogP contribution in [0.4, 0.5) is 0 Å². The number of hydrogen-bond donors (Lipinski definition) is 0. The maximum absolute atomic E-state index is 12.3. The van der Waals surface area contributed by atoms with E-state index in [1.165, 1.54) is 0 Å². The summed E-state index contributed by atoms with van der Waals surface area (Å²) >= 11 is 0. The average Bonchev–Trinajstić information content (AvgIpc) is 2.50. The van der Waals surface area contributed by atoms with E-state index in [4.69, 9.17) is 0 Å². The van der Waals surface area contributed by atoms with Gasteiger partial charge in [-0.15, -0.1) is 0 Å². The normalized spacial score (nSPS) is 16.6. The fraction of sp³-hybridized carbons (Fsp3) is 0.625. The van der Waals surface area contributed by atoms with Crippen LogP contribution in [0.25, 0.3) is 0 Å². The number of carbonyl (C=O) groups excluding carboxylic acids is 1. The van der Waals surface area contributed by atoms with Gasteiger partial charge in [-0.25, -0.2) is 0 Å². The lowest BCUT2D eigenvalue weighted by Gasteiger charge is -2.37. The molecule has 0 radical (unpaired) electrons. The summed E-state index contributed by atoms with van der Waals surface area (Å²) in [5.74, 6) is 0.232. The van der Waals surface area contributed by atoms with E-state index < -0.39 is 0 Å². The highest BCUT2D eigenvalue weighted by Crippen LogP contribution is 2.17. The van der Waals surface area contributed by atoms with Gasteiger partial charge in [0.2, 0.25) is 5.91 Å². The van der Waals surface area contributed by atoms with Crippen molar-refractivity contribution >= 4 is 5.91 Å². The Morgan fingerprint density at radius 2 is 2.05 bits per heavy atom. The minimum Gasteiger partial charge on any atom is -0.342 e. The summed E-state index contributed by atoms with van der Waals surface area (Å²) < 4.78 is 0. The zero-order valence-electron chi connectivity index (χ0n) is 12.6. The van der Waals surface area contributed by atoms with E-state index in [0.29, 0.717) is 12.5 Å². The molecule has 1 saturated heterocycles. The Hall–Kier alpha value is -1.42. The Kier molecular flexibility index (Phi) is 5.53. The number of likely N-dealkylation sites (tertiary alicyclic amines) is 1. The molecule has 1 aliphatic rings. The van der Waals surface area contributed by atoms with Crippen molar-refractivity contribution in [1.82, 2.24) is 14.8 Å². The number of piperidine rings is 1. The van der Waals surface area contributed by atoms with Crippen LogP contribution in [-0.4, -0.2) is 52.9 Å². The van der Waals surface area contributed by atoms with E-state index in [2.05, 4.69) is 23.7 Å². The minimum absolute atomic E-state index is 0.232. The van der Waals surface area contributed by atoms with Crippen molar-refractivity contribution in [1.29, 1.82) is 0 Å². The lowest BCUT2D eigenvalue weighted by atomic mass is 10.0. The molecular formula is C16H25N3O. The van der Waals surface area contributed by atoms with E-state index >= 15 is 0 Å². The molecule has 4 nitrogen and oxygen atoms in total. The monoisotopic (exact) mass is 275 g/mol. The molecule has 0 aliphatic carbocycles. The van der Waals surface area contributed by atoms with Gasteiger partial charge in [0.1, 0.15) is 0 Å². The molecule has 0 aromatic carbocycles. The average molecular weight is 275 g/mol. The van der Waals surface area contributed by atoms with Crippen molar-refractivity contribution in [3.05, 3.63) is 30.1 Å². The number of rotatable bonds is 5. The highest BCUT2D eigenvalue weighted by molar-refractivity contribution is 5.78. The van der Waals surface area contributed by atoms with E-state index in [1.807, 2.05) is 17.0 Å². The first-order chi connectivity index (χ1) is 9.74. The molecule has 20 heavy (non-hydrogen) atoms. The summed E-state index contributed by atoms with van der Waals surface area (Å²) in [5.41, 5.74) is 1.00. The van der Waals surface area contributed by atoms with Gasteiger partial charge in [-0.2, -0.15) is 0 Å². The third-order valence-corrected chi connectivity index (χ3v) is 4.22. The number of pyridine rings is 1. The predicted molar refractivity (Wildman–Crippen MR) is 80.5 cm³/mol. The first-order valence-corrected chi connectivity index (χ1v) is 7.65. The summed E-state index contributed by atoms with van der Waals surface area (Å²) in [6.07, 6.45) is 6.19. The van der Waals surface area contributed by atoms with Crippen LogP contribution >= 0.6 is 0 Å². The molecule has 0 saturated carbocycles. The molecule has 2 rings (SSSR count). The molecule has 1 aliphatic heterocycles. The highest BCUT2D eigenvalue weighted by Gasteiger charge is 2.25. The molecule has 1 aromatic rings. The lowest BCUT2D eigenvalue weighted by molar-refractivity contribution is -0.132. The van der Waals surface area contributed by atoms with Crippen LogP contribution in [0.15, 0.2) is 24.5 Å². The van der Waals surface area contributed by atoms with E-state index in [9.17, 15) is 4.79 Å². The van der Waals surface area contributed by atoms with Crippen LogP contribution in [-0.2, 0) is 11.2 Å². The number of nitrogens with zero attached hydrogens (tertiary/aromatic N) is 3. The molecule has 1 fully saturated rings. The topological polar surface area (TPSA) is 36.4 Å². The summed E-state index contributed by atoms with van der Waals surface area (Å²) in [6.45, 7) is 8.41. The molecule has 1 amide bonds. The summed E-state index contributed by atoms with van der Waals surface area (Å²) in [7, 11) is 0. The van der Waals surface area contributed by atoms with E-state index in [1.54, 1.807) is 12.4 Å². The Balaban J connectivity index is 1.83. The fourth-order valence-corrected chi connectivity index (χ4v) is 3.01. The SMILES string of the molecule is CCN(CC)C1CCN(C(=O)Cc2cccnc2)CC1. The van der Waals surface area contributed by atoms with Gasteiger partial charge in [-0.1, -0.05) is 19.9 Å². The van der Waals surface area contributed by atoms with Crippen LogP contribution in [0.3, 0.4) is 0 Å². The predicted octanol–water partition coefficient (Wildman–Crippen LogP) is 1.96. The molecule has 1 aromatic heterocycles. The molecular weight excluding hydrogens is 250 g/mol. The number of hydrogen-bond acceptors (Lipinski definition) is 3. The molecule has 0 spiro atoms. The second-order valence-corrected chi connectivity index (χ2v) is 5.37. The molecule has 0 N–H and O–H groups in total. The summed E-state index contributed by atoms with van der Waals surface area (Å²) in [5, 5.41) is 0. The number of amides is 1. The van der Waals surface area contributed by atoms with Gasteiger partial charge in [-0.3, -0.25) is 9.78 Å². The van der Waals surface area contributed by atoms with Crippen LogP contribution in [0.2, 0.25) is 0 Å². The zero-order chi connectivity index (χ0) is 14.4. The zero-order valence-corrected chi connectivity index (χ0v) is 12.6. The van der Waals surface area contributed by atoms with Gasteiger partial charge in [0, 0.05) is 31.5 Å². The lowest BCUT2D eigenvalue weighted by Crippen LogP contribution is -2.47. The Labute approximate surface area is 121 Å². The largest absolute Gasteiger partial charge is 0.342 e. The number of carbonyl (C=O) groups is 1. The summed E-state index contributed by atoms with van der Waals surface area (Å²) in [6, 6.07) is 4.50. The molecule has 0 unspecified atom stereocenters. The van der Waals surface area contributed by atoms with Crippen LogP contribution in [0.5, 0.6) is 0 Å². The van der Waals surface area contributed by atoms with Crippen LogP contribution in [0.1, 0.15) is 32.3 Å². The van der Waals surface area contributed by atoms with Crippen molar-refractivity contribution in [3.8, 4) is 0 Å². The molecule has 0 bridgehead atoms. The quantitative estimate of drug-likeness (QED) is 0.824. The van der Waals surface area contributed by atoms with Crippen molar-refractivity contribution in [2.45, 2.75) is 39.2 Å². The van der Waals surface area contributed by atoms with Crippen molar-refractivity contribution in [3.63, 3.8) is 0 Å². The second-order valence-electron chi connectivity index (χ2n) is 5.37. The third-order valence-electron chi connectivity index (χ3n) is 4.22. The maximum atomic E-state index is 12.3. The van der Waals surface area contributed by atoms with E-state index in [-0.39, 0.29) is 5.91 Å². The van der Waals surface area contributed by atoms with Gasteiger partial charge < -0.3 is 9.80 Å². The molecule has 110 valence electrons. The first kappa shape index (κ1) is 15.0. The summed E-state index contributed by atoms with van der Waals surface area (Å²) in [4.78, 5) is 20.8. The standard InChI is InChI=1S/C16H25N3O/c1-3-18(4-2)15-7-10-19(11-8-15)16(20)12-14-6-5-9-17-13-14/h5-6,9,13,15H,3-4,7-8,10-12H2,1-2H3. The van der Waals surface area contributed by atoms with Gasteiger partial charge in [0.15, 0.2) is 0 Å². The Morgan fingerprint density at radius 3 is 2.60 bits per heavy atom. The van der Waals surface area contributed by atoms with Gasteiger partial charge >= 0.3 is 0 Å². The molecule has 0 atom stereocenters. The van der Waals surface area contributed by atoms with Gasteiger partial charge in [-0.05, 0) is 37.6 Å². The fourth-order valence-electron chi connectivity index (χ4n) is 3.01. The maximum Gasteiger partial charge on any atom is 0.227 e. The smallest absolute Gasteiger partial charge is 0.227 e. The van der Waals surface area contributed by atoms with Crippen molar-refractivity contribution in [2.75, 3.05) is 26.2 Å². The van der Waals surface area contributed by atoms with Crippen LogP contribution < -0.4 is 0 Å². The van der Waals surface area contributed by atoms with Crippen molar-refractivity contribution < 1.29 is 4.79 Å². The Bertz CT molecular complexity index is 409. The van der Waals surface area contributed by atoms with Gasteiger partial charge in [0.05, 0.1) is 6.42 Å². The Morgan fingerprint density at radius 1 is 1.35 bits per heavy atom. The number of aromatic nitrogens is 1.